The van der Waals surface area contributed by atoms with Crippen LogP contribution in [0.3, 0.4) is 0 Å². The van der Waals surface area contributed by atoms with Gasteiger partial charge in [0.1, 0.15) is 17.7 Å². The minimum atomic E-state index is 0.0701. The summed E-state index contributed by atoms with van der Waals surface area (Å²) in [6.45, 7) is 6.48. The van der Waals surface area contributed by atoms with Crippen LogP contribution in [0, 0.1) is 0 Å². The molecule has 0 aliphatic heterocycles. The third kappa shape index (κ3) is 1.36. The lowest BCUT2D eigenvalue weighted by Gasteiger charge is -2.18. The van der Waals surface area contributed by atoms with Gasteiger partial charge in [0, 0.05) is 5.41 Å². The first-order valence-corrected chi connectivity index (χ1v) is 4.79. The first-order valence-electron chi connectivity index (χ1n) is 4.79. The van der Waals surface area contributed by atoms with Crippen LogP contribution in [-0.4, -0.2) is 19.9 Å². The van der Waals surface area contributed by atoms with Gasteiger partial charge >= 0.3 is 0 Å². The van der Waals surface area contributed by atoms with E-state index in [9.17, 15) is 0 Å². The van der Waals surface area contributed by atoms with Crippen LogP contribution in [0.2, 0.25) is 0 Å². The zero-order chi connectivity index (χ0) is 10.2. The number of fused-ring (bicyclic) bond motifs is 1. The van der Waals surface area contributed by atoms with E-state index >= 15 is 0 Å². The van der Waals surface area contributed by atoms with Gasteiger partial charge in [-0.15, -0.1) is 0 Å². The van der Waals surface area contributed by atoms with E-state index in [0.717, 1.165) is 23.4 Å². The van der Waals surface area contributed by atoms with Gasteiger partial charge in [-0.1, -0.05) is 20.8 Å². The summed E-state index contributed by atoms with van der Waals surface area (Å²) in [5, 5.41) is 0. The molecule has 0 bridgehead atoms. The van der Waals surface area contributed by atoms with Crippen molar-refractivity contribution in [2.75, 3.05) is 0 Å². The molecule has 0 atom stereocenters. The van der Waals surface area contributed by atoms with Crippen LogP contribution in [0.5, 0.6) is 0 Å². The van der Waals surface area contributed by atoms with Crippen LogP contribution >= 0.6 is 0 Å². The predicted octanol–water partition coefficient (Wildman–Crippen LogP) is 2.04. The van der Waals surface area contributed by atoms with E-state index in [4.69, 9.17) is 0 Å². The fraction of sp³-hybridized carbons (Fsp3) is 0.500. The standard InChI is InChI=1S/C10H14N4/c1-4-10(2,3)9-13-7-5-11-6-12-8(7)14-9/h5-6H,4H2,1-3H3,(H,11,12,13,14). The number of imidazole rings is 1. The van der Waals surface area contributed by atoms with Crippen molar-refractivity contribution in [3.63, 3.8) is 0 Å². The van der Waals surface area contributed by atoms with Crippen molar-refractivity contribution in [2.24, 2.45) is 0 Å². The summed E-state index contributed by atoms with van der Waals surface area (Å²) in [4.78, 5) is 15.7. The largest absolute Gasteiger partial charge is 0.339 e. The minimum absolute atomic E-state index is 0.0701. The van der Waals surface area contributed by atoms with Crippen LogP contribution in [0.1, 0.15) is 33.0 Å². The third-order valence-corrected chi connectivity index (χ3v) is 2.69. The lowest BCUT2D eigenvalue weighted by atomic mass is 9.90. The highest BCUT2D eigenvalue weighted by molar-refractivity contribution is 5.68. The summed E-state index contributed by atoms with van der Waals surface area (Å²) in [5.74, 6) is 0.982. The summed E-state index contributed by atoms with van der Waals surface area (Å²) in [6.07, 6.45) is 4.32. The Kier molecular flexibility index (Phi) is 1.98. The number of hydrogen-bond acceptors (Lipinski definition) is 3. The zero-order valence-electron chi connectivity index (χ0n) is 8.70. The molecule has 14 heavy (non-hydrogen) atoms. The molecule has 2 aromatic rings. The first kappa shape index (κ1) is 9.12. The van der Waals surface area contributed by atoms with E-state index in [1.165, 1.54) is 6.33 Å². The topological polar surface area (TPSA) is 54.5 Å². The quantitative estimate of drug-likeness (QED) is 0.788. The Labute approximate surface area is 82.8 Å². The molecule has 0 aromatic carbocycles. The maximum atomic E-state index is 4.45. The van der Waals surface area contributed by atoms with E-state index in [2.05, 4.69) is 40.7 Å². The van der Waals surface area contributed by atoms with Crippen molar-refractivity contribution >= 4 is 11.2 Å². The summed E-state index contributed by atoms with van der Waals surface area (Å²) >= 11 is 0. The second-order valence-electron chi connectivity index (χ2n) is 4.08. The van der Waals surface area contributed by atoms with Crippen LogP contribution in [0.4, 0.5) is 0 Å². The highest BCUT2D eigenvalue weighted by Gasteiger charge is 2.22. The van der Waals surface area contributed by atoms with Gasteiger partial charge in [-0.25, -0.2) is 15.0 Å². The number of aromatic amines is 1. The van der Waals surface area contributed by atoms with Crippen LogP contribution in [-0.2, 0) is 5.41 Å². The summed E-state index contributed by atoms with van der Waals surface area (Å²) in [6, 6.07) is 0. The Bertz CT molecular complexity index is 411. The normalized spacial score (nSPS) is 12.2. The van der Waals surface area contributed by atoms with E-state index in [1.807, 2.05) is 0 Å². The second kappa shape index (κ2) is 3.04. The molecule has 0 fully saturated rings. The zero-order valence-corrected chi connectivity index (χ0v) is 8.70. The van der Waals surface area contributed by atoms with Gasteiger partial charge in [0.2, 0.25) is 0 Å². The molecule has 0 amide bonds. The number of hydrogen-bond donors (Lipinski definition) is 1. The fourth-order valence-corrected chi connectivity index (χ4v) is 1.25. The Morgan fingerprint density at radius 2 is 2.21 bits per heavy atom. The molecule has 4 nitrogen and oxygen atoms in total. The molecule has 74 valence electrons. The van der Waals surface area contributed by atoms with Crippen molar-refractivity contribution < 1.29 is 0 Å². The molecule has 1 N–H and O–H groups in total. The monoisotopic (exact) mass is 190 g/mol. The van der Waals surface area contributed by atoms with Gasteiger partial charge < -0.3 is 4.98 Å². The molecule has 0 spiro atoms. The lowest BCUT2D eigenvalue weighted by molar-refractivity contribution is 0.479. The number of rotatable bonds is 2. The number of H-pyrrole nitrogens is 1. The van der Waals surface area contributed by atoms with Crippen LogP contribution in [0.25, 0.3) is 11.2 Å². The van der Waals surface area contributed by atoms with E-state index < -0.39 is 0 Å². The first-order chi connectivity index (χ1) is 6.63. The Morgan fingerprint density at radius 3 is 2.86 bits per heavy atom. The van der Waals surface area contributed by atoms with E-state index in [-0.39, 0.29) is 5.41 Å². The molecule has 4 heteroatoms. The number of nitrogens with zero attached hydrogens (tertiary/aromatic N) is 3. The minimum Gasteiger partial charge on any atom is -0.339 e. The number of aromatic nitrogens is 4. The summed E-state index contributed by atoms with van der Waals surface area (Å²) < 4.78 is 0. The number of nitrogens with one attached hydrogen (secondary N) is 1. The molecule has 2 aromatic heterocycles. The third-order valence-electron chi connectivity index (χ3n) is 2.69. The SMILES string of the molecule is CCC(C)(C)c1nc2ncncc2[nH]1. The average Bonchev–Trinajstić information content (AvgIpc) is 2.61. The van der Waals surface area contributed by atoms with Gasteiger partial charge in [-0.2, -0.15) is 0 Å². The highest BCUT2D eigenvalue weighted by Crippen LogP contribution is 2.25. The fourth-order valence-electron chi connectivity index (χ4n) is 1.25. The second-order valence-corrected chi connectivity index (χ2v) is 4.08. The molecular weight excluding hydrogens is 176 g/mol. The maximum Gasteiger partial charge on any atom is 0.180 e. The molecule has 0 aliphatic rings. The summed E-state index contributed by atoms with van der Waals surface area (Å²) in [5.41, 5.74) is 1.72. The van der Waals surface area contributed by atoms with Crippen LogP contribution in [0.15, 0.2) is 12.5 Å². The summed E-state index contributed by atoms with van der Waals surface area (Å²) in [7, 11) is 0. The predicted molar refractivity (Wildman–Crippen MR) is 55.0 cm³/mol. The Balaban J connectivity index is 2.55. The average molecular weight is 190 g/mol. The molecule has 2 rings (SSSR count). The highest BCUT2D eigenvalue weighted by atomic mass is 15.0. The molecule has 2 heterocycles. The molecule has 0 radical (unpaired) electrons. The molecular formula is C10H14N4. The lowest BCUT2D eigenvalue weighted by Crippen LogP contribution is -2.17. The van der Waals surface area contributed by atoms with Crippen molar-refractivity contribution in [1.82, 2.24) is 19.9 Å². The van der Waals surface area contributed by atoms with E-state index in [0.29, 0.717) is 0 Å². The van der Waals surface area contributed by atoms with Crippen molar-refractivity contribution in [1.29, 1.82) is 0 Å². The van der Waals surface area contributed by atoms with Gasteiger partial charge in [0.15, 0.2) is 5.65 Å². The molecule has 0 saturated carbocycles. The molecule has 0 unspecified atom stereocenters. The van der Waals surface area contributed by atoms with E-state index in [1.54, 1.807) is 6.20 Å². The van der Waals surface area contributed by atoms with Gasteiger partial charge in [-0.05, 0) is 6.42 Å². The molecule has 0 aliphatic carbocycles. The van der Waals surface area contributed by atoms with Crippen molar-refractivity contribution in [3.05, 3.63) is 18.3 Å². The van der Waals surface area contributed by atoms with Gasteiger partial charge in [-0.3, -0.25) is 0 Å². The van der Waals surface area contributed by atoms with Gasteiger partial charge in [0.25, 0.3) is 0 Å². The Hall–Kier alpha value is -1.45. The van der Waals surface area contributed by atoms with Crippen molar-refractivity contribution in [2.45, 2.75) is 32.6 Å². The Morgan fingerprint density at radius 1 is 1.43 bits per heavy atom. The van der Waals surface area contributed by atoms with Crippen LogP contribution < -0.4 is 0 Å². The molecule has 0 saturated heterocycles. The maximum absolute atomic E-state index is 4.45. The van der Waals surface area contributed by atoms with Crippen molar-refractivity contribution in [3.8, 4) is 0 Å². The smallest absolute Gasteiger partial charge is 0.180 e. The van der Waals surface area contributed by atoms with Gasteiger partial charge in [0.05, 0.1) is 6.20 Å².